The van der Waals surface area contributed by atoms with E-state index in [-0.39, 0.29) is 5.76 Å². The number of hydrogen-bond acceptors (Lipinski definition) is 3. The Morgan fingerprint density at radius 3 is 1.85 bits per heavy atom. The van der Waals surface area contributed by atoms with Gasteiger partial charge in [-0.05, 0) is 22.5 Å². The SMILES string of the molecule is C=C(OC)C(=O)O.O=C(O)C(F)Br. The Morgan fingerprint density at radius 1 is 1.54 bits per heavy atom. The minimum atomic E-state index is -1.92. The molecule has 0 saturated carbocycles. The van der Waals surface area contributed by atoms with Gasteiger partial charge in [-0.2, -0.15) is 0 Å². The van der Waals surface area contributed by atoms with E-state index >= 15 is 0 Å². The van der Waals surface area contributed by atoms with E-state index in [1.165, 1.54) is 7.11 Å². The summed E-state index contributed by atoms with van der Waals surface area (Å²) in [5.41, 5.74) is 0. The zero-order chi connectivity index (χ0) is 11.0. The maximum absolute atomic E-state index is 11.1. The summed E-state index contributed by atoms with van der Waals surface area (Å²) < 4.78 is 15.4. The number of hydrogen-bond donors (Lipinski definition) is 2. The molecular formula is C6H8BrFO5. The van der Waals surface area contributed by atoms with Crippen molar-refractivity contribution in [3.63, 3.8) is 0 Å². The predicted octanol–water partition coefficient (Wildman–Crippen LogP) is 0.993. The third-order valence-corrected chi connectivity index (χ3v) is 1.06. The molecule has 0 aromatic rings. The van der Waals surface area contributed by atoms with E-state index in [0.717, 1.165) is 0 Å². The highest BCUT2D eigenvalue weighted by atomic mass is 79.9. The second-order valence-corrected chi connectivity index (χ2v) is 2.38. The molecule has 76 valence electrons. The third kappa shape index (κ3) is 10.9. The predicted molar refractivity (Wildman–Crippen MR) is 45.2 cm³/mol. The van der Waals surface area contributed by atoms with E-state index in [2.05, 4.69) is 27.2 Å². The van der Waals surface area contributed by atoms with Crippen LogP contribution in [0.4, 0.5) is 4.39 Å². The van der Waals surface area contributed by atoms with Crippen LogP contribution in [0.15, 0.2) is 12.3 Å². The van der Waals surface area contributed by atoms with Gasteiger partial charge in [0.15, 0.2) is 5.76 Å². The van der Waals surface area contributed by atoms with E-state index in [1.54, 1.807) is 0 Å². The van der Waals surface area contributed by atoms with Crippen LogP contribution in [0.25, 0.3) is 0 Å². The molecule has 0 aliphatic heterocycles. The lowest BCUT2D eigenvalue weighted by Gasteiger charge is -1.92. The average molecular weight is 259 g/mol. The summed E-state index contributed by atoms with van der Waals surface area (Å²) in [6.07, 6.45) is 0. The summed E-state index contributed by atoms with van der Waals surface area (Å²) in [4.78, 5) is 19.0. The van der Waals surface area contributed by atoms with Gasteiger partial charge < -0.3 is 14.9 Å². The van der Waals surface area contributed by atoms with Crippen LogP contribution in [0.3, 0.4) is 0 Å². The minimum absolute atomic E-state index is 0.236. The van der Waals surface area contributed by atoms with Crippen molar-refractivity contribution < 1.29 is 28.9 Å². The van der Waals surface area contributed by atoms with Crippen molar-refractivity contribution in [2.75, 3.05) is 7.11 Å². The number of methoxy groups -OCH3 is 1. The number of aliphatic carboxylic acids is 2. The first-order valence-electron chi connectivity index (χ1n) is 2.80. The van der Waals surface area contributed by atoms with Crippen molar-refractivity contribution in [3.05, 3.63) is 12.3 Å². The van der Waals surface area contributed by atoms with Gasteiger partial charge in [0.25, 0.3) is 5.08 Å². The number of rotatable bonds is 3. The van der Waals surface area contributed by atoms with E-state index in [9.17, 15) is 14.0 Å². The molecule has 1 unspecified atom stereocenters. The van der Waals surface area contributed by atoms with Crippen molar-refractivity contribution in [3.8, 4) is 0 Å². The molecule has 0 bridgehead atoms. The maximum atomic E-state index is 11.1. The summed E-state index contributed by atoms with van der Waals surface area (Å²) in [7, 11) is 1.26. The first kappa shape index (κ1) is 14.4. The van der Waals surface area contributed by atoms with Gasteiger partial charge >= 0.3 is 11.9 Å². The van der Waals surface area contributed by atoms with E-state index in [0.29, 0.717) is 0 Å². The van der Waals surface area contributed by atoms with E-state index in [1.807, 2.05) is 0 Å². The second-order valence-electron chi connectivity index (χ2n) is 1.57. The number of halogens is 2. The third-order valence-electron chi connectivity index (χ3n) is 0.672. The lowest BCUT2D eigenvalue weighted by Crippen LogP contribution is -2.04. The van der Waals surface area contributed by atoms with Gasteiger partial charge in [0, 0.05) is 0 Å². The van der Waals surface area contributed by atoms with Crippen LogP contribution in [0.1, 0.15) is 0 Å². The highest BCUT2D eigenvalue weighted by Gasteiger charge is 2.07. The Hall–Kier alpha value is -1.11. The zero-order valence-electron chi connectivity index (χ0n) is 6.66. The summed E-state index contributed by atoms with van der Waals surface area (Å²) >= 11 is 2.17. The van der Waals surface area contributed by atoms with Gasteiger partial charge in [0.1, 0.15) is 0 Å². The van der Waals surface area contributed by atoms with E-state index < -0.39 is 17.0 Å². The number of carboxylic acid groups (broad SMARTS) is 2. The second kappa shape index (κ2) is 7.53. The normalized spacial score (nSPS) is 10.4. The molecule has 0 fully saturated rings. The fraction of sp³-hybridized carbons (Fsp3) is 0.333. The molecule has 0 aliphatic rings. The Bertz CT molecular complexity index is 203. The molecule has 0 radical (unpaired) electrons. The fourth-order valence-corrected chi connectivity index (χ4v) is 0.0873. The van der Waals surface area contributed by atoms with Gasteiger partial charge in [-0.1, -0.05) is 0 Å². The molecule has 7 heteroatoms. The topological polar surface area (TPSA) is 83.8 Å². The maximum Gasteiger partial charge on any atom is 0.370 e. The molecule has 0 rings (SSSR count). The molecule has 0 spiro atoms. The summed E-state index contributed by atoms with van der Waals surface area (Å²) in [5, 5.41) is 13.6. The first-order valence-corrected chi connectivity index (χ1v) is 3.71. The largest absolute Gasteiger partial charge is 0.490 e. The van der Waals surface area contributed by atoms with Gasteiger partial charge in [0.05, 0.1) is 7.11 Å². The van der Waals surface area contributed by atoms with Crippen LogP contribution in [-0.2, 0) is 14.3 Å². The van der Waals surface area contributed by atoms with Crippen molar-refractivity contribution in [2.24, 2.45) is 0 Å². The molecule has 0 heterocycles. The van der Waals surface area contributed by atoms with Crippen LogP contribution in [-0.4, -0.2) is 34.3 Å². The number of ether oxygens (including phenoxy) is 1. The van der Waals surface area contributed by atoms with Crippen molar-refractivity contribution in [2.45, 2.75) is 5.08 Å². The lowest BCUT2D eigenvalue weighted by atomic mass is 10.6. The van der Waals surface area contributed by atoms with Gasteiger partial charge in [0.2, 0.25) is 0 Å². The van der Waals surface area contributed by atoms with Gasteiger partial charge in [-0.3, -0.25) is 0 Å². The molecular weight excluding hydrogens is 251 g/mol. The van der Waals surface area contributed by atoms with Crippen LogP contribution in [0.2, 0.25) is 0 Å². The Morgan fingerprint density at radius 2 is 1.85 bits per heavy atom. The minimum Gasteiger partial charge on any atom is -0.490 e. The smallest absolute Gasteiger partial charge is 0.370 e. The Balaban J connectivity index is 0. The molecule has 1 atom stereocenters. The molecule has 0 aliphatic carbocycles. The molecule has 0 saturated heterocycles. The molecule has 0 aromatic carbocycles. The van der Waals surface area contributed by atoms with Gasteiger partial charge in [-0.15, -0.1) is 0 Å². The number of carboxylic acids is 2. The van der Waals surface area contributed by atoms with Crippen molar-refractivity contribution in [1.29, 1.82) is 0 Å². The Labute approximate surface area is 81.9 Å². The lowest BCUT2D eigenvalue weighted by molar-refractivity contribution is -0.139. The van der Waals surface area contributed by atoms with Crippen LogP contribution >= 0.6 is 15.9 Å². The summed E-state index contributed by atoms with van der Waals surface area (Å²) in [5.74, 6) is -2.85. The monoisotopic (exact) mass is 258 g/mol. The van der Waals surface area contributed by atoms with E-state index in [4.69, 9.17) is 10.2 Å². The van der Waals surface area contributed by atoms with Crippen LogP contribution < -0.4 is 0 Å². The molecule has 0 amide bonds. The highest BCUT2D eigenvalue weighted by Crippen LogP contribution is 1.97. The molecule has 2 N–H and O–H groups in total. The first-order chi connectivity index (χ1) is 5.82. The summed E-state index contributed by atoms with van der Waals surface area (Å²) in [6, 6.07) is 0. The molecule has 0 aromatic heterocycles. The van der Waals surface area contributed by atoms with Crippen LogP contribution in [0, 0.1) is 0 Å². The average Bonchev–Trinajstić information content (AvgIpc) is 2.03. The Kier molecular flexibility index (Phi) is 8.36. The standard InChI is InChI=1S/C4H6O3.C2H2BrFO2/c1-3(7-2)4(5)6;3-1(4)2(5)6/h1H2,2H3,(H,5,6);1H,(H,5,6). The number of carbonyl (C=O) groups is 2. The quantitative estimate of drug-likeness (QED) is 0.448. The summed E-state index contributed by atoms with van der Waals surface area (Å²) in [6.45, 7) is 3.05. The zero-order valence-corrected chi connectivity index (χ0v) is 8.25. The van der Waals surface area contributed by atoms with Gasteiger partial charge in [-0.25, -0.2) is 14.0 Å². The highest BCUT2D eigenvalue weighted by molar-refractivity contribution is 9.09. The molecule has 13 heavy (non-hydrogen) atoms. The number of alkyl halides is 2. The van der Waals surface area contributed by atoms with Crippen molar-refractivity contribution >= 4 is 27.9 Å². The fourth-order valence-electron chi connectivity index (χ4n) is 0.0873. The van der Waals surface area contributed by atoms with Crippen LogP contribution in [0.5, 0.6) is 0 Å². The molecule has 5 nitrogen and oxygen atoms in total. The van der Waals surface area contributed by atoms with Crippen molar-refractivity contribution in [1.82, 2.24) is 0 Å².